The quantitative estimate of drug-likeness (QED) is 0.839. The number of aromatic nitrogens is 1. The number of amides is 2. The summed E-state index contributed by atoms with van der Waals surface area (Å²) in [6.07, 6.45) is 3.13. The van der Waals surface area contributed by atoms with E-state index in [1.165, 1.54) is 0 Å². The van der Waals surface area contributed by atoms with Crippen molar-refractivity contribution in [3.63, 3.8) is 0 Å². The molecule has 1 fully saturated rings. The van der Waals surface area contributed by atoms with Gasteiger partial charge in [0.15, 0.2) is 0 Å². The van der Waals surface area contributed by atoms with Gasteiger partial charge in [-0.1, -0.05) is 15.9 Å². The molecule has 24 heavy (non-hydrogen) atoms. The average molecular weight is 392 g/mol. The molecular weight excluding hydrogens is 374 g/mol. The molecular formula is C17H18BrN3O3. The number of likely N-dealkylation sites (tertiary alicyclic amines) is 1. The first-order valence-electron chi connectivity index (χ1n) is 7.93. The first-order valence-corrected chi connectivity index (χ1v) is 8.72. The lowest BCUT2D eigenvalue weighted by atomic mass is 10.1. The Morgan fingerprint density at radius 2 is 1.92 bits per heavy atom. The Morgan fingerprint density at radius 3 is 2.67 bits per heavy atom. The second-order valence-electron chi connectivity index (χ2n) is 5.87. The van der Waals surface area contributed by atoms with Crippen LogP contribution in [-0.2, 0) is 4.79 Å². The molecule has 0 spiro atoms. The highest BCUT2D eigenvalue weighted by molar-refractivity contribution is 9.10. The minimum atomic E-state index is -0.538. The monoisotopic (exact) mass is 391 g/mol. The van der Waals surface area contributed by atoms with Gasteiger partial charge in [0.05, 0.1) is 6.54 Å². The van der Waals surface area contributed by atoms with Crippen molar-refractivity contribution in [3.8, 4) is 0 Å². The number of carbonyl (C=O) groups is 2. The zero-order chi connectivity index (χ0) is 17.1. The zero-order valence-electron chi connectivity index (χ0n) is 13.1. The molecule has 7 heteroatoms. The van der Waals surface area contributed by atoms with Crippen molar-refractivity contribution in [2.24, 2.45) is 0 Å². The molecule has 2 N–H and O–H groups in total. The molecule has 1 aliphatic heterocycles. The van der Waals surface area contributed by atoms with Gasteiger partial charge in [-0.3, -0.25) is 14.4 Å². The number of aromatic amines is 1. The van der Waals surface area contributed by atoms with Gasteiger partial charge in [0.1, 0.15) is 5.56 Å². The standard InChI is InChI=1S/C17H18BrN3O3/c18-12-4-5-14-11(8-12)9-13(17(24)20-14)16(23)19-10-15(22)21-6-2-1-3-7-21/h4-5,8-9H,1-3,6-7,10H2,(H,19,23)(H,20,24). The van der Waals surface area contributed by atoms with Crippen molar-refractivity contribution in [3.05, 3.63) is 44.7 Å². The summed E-state index contributed by atoms with van der Waals surface area (Å²) in [5.74, 6) is -0.647. The molecule has 0 saturated carbocycles. The van der Waals surface area contributed by atoms with E-state index in [1.54, 1.807) is 17.0 Å². The van der Waals surface area contributed by atoms with Gasteiger partial charge in [-0.25, -0.2) is 0 Å². The number of nitrogens with zero attached hydrogens (tertiary/aromatic N) is 1. The number of fused-ring (bicyclic) bond motifs is 1. The topological polar surface area (TPSA) is 82.3 Å². The van der Waals surface area contributed by atoms with Gasteiger partial charge in [0.25, 0.3) is 11.5 Å². The van der Waals surface area contributed by atoms with Gasteiger partial charge in [0, 0.05) is 28.5 Å². The number of H-pyrrole nitrogens is 1. The van der Waals surface area contributed by atoms with Crippen LogP contribution in [0, 0.1) is 0 Å². The van der Waals surface area contributed by atoms with Crippen LogP contribution in [0.25, 0.3) is 10.9 Å². The molecule has 1 aromatic carbocycles. The van der Waals surface area contributed by atoms with Gasteiger partial charge in [-0.05, 0) is 43.5 Å². The molecule has 1 aromatic heterocycles. The highest BCUT2D eigenvalue weighted by Gasteiger charge is 2.18. The molecule has 1 aliphatic rings. The van der Waals surface area contributed by atoms with Crippen molar-refractivity contribution in [2.75, 3.05) is 19.6 Å². The van der Waals surface area contributed by atoms with Crippen LogP contribution >= 0.6 is 15.9 Å². The van der Waals surface area contributed by atoms with Gasteiger partial charge >= 0.3 is 0 Å². The van der Waals surface area contributed by atoms with Gasteiger partial charge in [-0.2, -0.15) is 0 Å². The molecule has 0 aliphatic carbocycles. The summed E-state index contributed by atoms with van der Waals surface area (Å²) in [6.45, 7) is 1.38. The van der Waals surface area contributed by atoms with E-state index in [0.29, 0.717) is 5.52 Å². The summed E-state index contributed by atoms with van der Waals surface area (Å²) >= 11 is 3.36. The van der Waals surface area contributed by atoms with Crippen molar-refractivity contribution < 1.29 is 9.59 Å². The number of benzene rings is 1. The fourth-order valence-electron chi connectivity index (χ4n) is 2.85. The normalized spacial score (nSPS) is 14.6. The number of hydrogen-bond acceptors (Lipinski definition) is 3. The second-order valence-corrected chi connectivity index (χ2v) is 6.78. The molecule has 126 valence electrons. The predicted molar refractivity (Wildman–Crippen MR) is 95.0 cm³/mol. The number of pyridine rings is 1. The van der Waals surface area contributed by atoms with Crippen LogP contribution in [0.1, 0.15) is 29.6 Å². The summed E-state index contributed by atoms with van der Waals surface area (Å²) in [5, 5.41) is 3.30. The SMILES string of the molecule is O=C(NCC(=O)N1CCCCC1)c1cc2cc(Br)ccc2[nH]c1=O. The van der Waals surface area contributed by atoms with E-state index >= 15 is 0 Å². The lowest BCUT2D eigenvalue weighted by molar-refractivity contribution is -0.130. The number of halogens is 1. The van der Waals surface area contributed by atoms with Crippen LogP contribution in [0.15, 0.2) is 33.5 Å². The lowest BCUT2D eigenvalue weighted by Crippen LogP contribution is -2.43. The van der Waals surface area contributed by atoms with Crippen molar-refractivity contribution in [2.45, 2.75) is 19.3 Å². The van der Waals surface area contributed by atoms with Gasteiger partial charge in [-0.15, -0.1) is 0 Å². The Kier molecular flexibility index (Phi) is 4.99. The molecule has 6 nitrogen and oxygen atoms in total. The third-order valence-corrected chi connectivity index (χ3v) is 4.65. The van der Waals surface area contributed by atoms with E-state index in [1.807, 2.05) is 12.1 Å². The van der Waals surface area contributed by atoms with Gasteiger partial charge in [0.2, 0.25) is 5.91 Å². The Morgan fingerprint density at radius 1 is 1.17 bits per heavy atom. The summed E-state index contributed by atoms with van der Waals surface area (Å²) in [7, 11) is 0. The minimum Gasteiger partial charge on any atom is -0.343 e. The van der Waals surface area contributed by atoms with Gasteiger partial charge < -0.3 is 15.2 Å². The highest BCUT2D eigenvalue weighted by Crippen LogP contribution is 2.17. The third-order valence-electron chi connectivity index (χ3n) is 4.16. The molecule has 2 amide bonds. The number of nitrogens with one attached hydrogen (secondary N) is 2. The molecule has 0 unspecified atom stereocenters. The number of rotatable bonds is 3. The van der Waals surface area contributed by atoms with E-state index in [4.69, 9.17) is 0 Å². The number of hydrogen-bond donors (Lipinski definition) is 2. The molecule has 0 atom stereocenters. The maximum absolute atomic E-state index is 12.3. The lowest BCUT2D eigenvalue weighted by Gasteiger charge is -2.26. The van der Waals surface area contributed by atoms with E-state index in [2.05, 4.69) is 26.2 Å². The summed E-state index contributed by atoms with van der Waals surface area (Å²) in [4.78, 5) is 40.9. The molecule has 2 aromatic rings. The minimum absolute atomic E-state index is 0.00652. The van der Waals surface area contributed by atoms with Crippen molar-refractivity contribution >= 4 is 38.6 Å². The second kappa shape index (κ2) is 7.17. The van der Waals surface area contributed by atoms with Crippen molar-refractivity contribution in [1.82, 2.24) is 15.2 Å². The van der Waals surface area contributed by atoms with Crippen LogP contribution in [0.2, 0.25) is 0 Å². The Labute approximate surface area is 147 Å². The average Bonchev–Trinajstić information content (AvgIpc) is 2.60. The summed E-state index contributed by atoms with van der Waals surface area (Å²) in [6, 6.07) is 6.94. The summed E-state index contributed by atoms with van der Waals surface area (Å²) < 4.78 is 0.855. The molecule has 0 radical (unpaired) electrons. The van der Waals surface area contributed by atoms with E-state index in [0.717, 1.165) is 42.2 Å². The number of piperidine rings is 1. The maximum Gasteiger partial charge on any atom is 0.261 e. The first kappa shape index (κ1) is 16.7. The molecule has 1 saturated heterocycles. The maximum atomic E-state index is 12.3. The molecule has 3 rings (SSSR count). The van der Waals surface area contributed by atoms with E-state index < -0.39 is 11.5 Å². The third kappa shape index (κ3) is 3.67. The molecule has 0 bridgehead atoms. The molecule has 2 heterocycles. The zero-order valence-corrected chi connectivity index (χ0v) is 14.7. The van der Waals surface area contributed by atoms with Crippen LogP contribution in [-0.4, -0.2) is 41.3 Å². The van der Waals surface area contributed by atoms with Crippen LogP contribution < -0.4 is 10.9 Å². The fourth-order valence-corrected chi connectivity index (χ4v) is 3.23. The number of carbonyl (C=O) groups excluding carboxylic acids is 2. The van der Waals surface area contributed by atoms with E-state index in [9.17, 15) is 14.4 Å². The highest BCUT2D eigenvalue weighted by atomic mass is 79.9. The van der Waals surface area contributed by atoms with Crippen LogP contribution in [0.3, 0.4) is 0 Å². The largest absolute Gasteiger partial charge is 0.343 e. The Bertz CT molecular complexity index is 841. The van der Waals surface area contributed by atoms with Crippen LogP contribution in [0.5, 0.6) is 0 Å². The Hall–Kier alpha value is -2.15. The fraction of sp³-hybridized carbons (Fsp3) is 0.353. The Balaban J connectivity index is 1.72. The van der Waals surface area contributed by atoms with Crippen LogP contribution in [0.4, 0.5) is 0 Å². The van der Waals surface area contributed by atoms with Crippen molar-refractivity contribution in [1.29, 1.82) is 0 Å². The predicted octanol–water partition coefficient (Wildman–Crippen LogP) is 2.03. The summed E-state index contributed by atoms with van der Waals surface area (Å²) in [5.41, 5.74) is 0.198. The smallest absolute Gasteiger partial charge is 0.261 e. The van der Waals surface area contributed by atoms with E-state index in [-0.39, 0.29) is 18.0 Å². The first-order chi connectivity index (χ1) is 11.5.